The van der Waals surface area contributed by atoms with E-state index in [1.54, 1.807) is 17.2 Å². The highest BCUT2D eigenvalue weighted by Gasteiger charge is 2.18. The fraction of sp³-hybridized carbons (Fsp3) is 0.333. The maximum absolute atomic E-state index is 12.8. The summed E-state index contributed by atoms with van der Waals surface area (Å²) in [4.78, 5) is 17.9. The quantitative estimate of drug-likeness (QED) is 0.796. The van der Waals surface area contributed by atoms with E-state index in [0.29, 0.717) is 24.3 Å². The Morgan fingerprint density at radius 2 is 2.45 bits per heavy atom. The first kappa shape index (κ1) is 13.7. The maximum atomic E-state index is 12.8. The number of ether oxygens (including phenoxy) is 1. The van der Waals surface area contributed by atoms with Crippen LogP contribution in [0, 0.1) is 0 Å². The average molecular weight is 317 g/mol. The predicted octanol–water partition coefficient (Wildman–Crippen LogP) is 1.71. The minimum Gasteiger partial charge on any atom is -0.464 e. The summed E-state index contributed by atoms with van der Waals surface area (Å²) in [5, 5.41) is 5.80. The summed E-state index contributed by atoms with van der Waals surface area (Å²) in [6.07, 6.45) is 3.21. The molecule has 114 valence electrons. The van der Waals surface area contributed by atoms with Crippen LogP contribution in [-0.2, 0) is 11.3 Å². The summed E-state index contributed by atoms with van der Waals surface area (Å²) in [7, 11) is 0. The smallest absolute Gasteiger partial charge is 0.262 e. The number of hydrogen-bond acceptors (Lipinski definition) is 6. The van der Waals surface area contributed by atoms with Crippen molar-refractivity contribution in [2.75, 3.05) is 19.7 Å². The number of rotatable bonds is 3. The first-order chi connectivity index (χ1) is 10.8. The van der Waals surface area contributed by atoms with Gasteiger partial charge in [-0.2, -0.15) is 0 Å². The number of nitrogens with one attached hydrogen (secondary N) is 1. The van der Waals surface area contributed by atoms with Gasteiger partial charge in [-0.3, -0.25) is 9.36 Å². The highest BCUT2D eigenvalue weighted by Crippen LogP contribution is 2.30. The van der Waals surface area contributed by atoms with Gasteiger partial charge in [-0.1, -0.05) is 0 Å². The number of thiophene rings is 1. The minimum atomic E-state index is -0.0492. The van der Waals surface area contributed by atoms with Gasteiger partial charge in [-0.05, 0) is 12.1 Å². The summed E-state index contributed by atoms with van der Waals surface area (Å²) in [5.41, 5.74) is 0.756. The fourth-order valence-corrected chi connectivity index (χ4v) is 3.55. The molecule has 0 bridgehead atoms. The van der Waals surface area contributed by atoms with Gasteiger partial charge in [-0.15, -0.1) is 11.3 Å². The van der Waals surface area contributed by atoms with Crippen LogP contribution in [0.15, 0.2) is 39.3 Å². The Balaban J connectivity index is 1.76. The third-order valence-corrected chi connectivity index (χ3v) is 4.64. The Kier molecular flexibility index (Phi) is 3.53. The monoisotopic (exact) mass is 317 g/mol. The first-order valence-corrected chi connectivity index (χ1v) is 8.04. The SMILES string of the molecule is O=c1c2c(-c3ccco3)csc2ncn1CC1CNCCO1. The molecule has 0 amide bonds. The van der Waals surface area contributed by atoms with Crippen molar-refractivity contribution in [2.45, 2.75) is 12.6 Å². The normalized spacial score (nSPS) is 18.8. The van der Waals surface area contributed by atoms with Crippen LogP contribution >= 0.6 is 11.3 Å². The van der Waals surface area contributed by atoms with Crippen LogP contribution < -0.4 is 10.9 Å². The maximum Gasteiger partial charge on any atom is 0.262 e. The van der Waals surface area contributed by atoms with E-state index in [1.807, 2.05) is 17.5 Å². The molecule has 0 aliphatic carbocycles. The molecule has 1 saturated heterocycles. The topological polar surface area (TPSA) is 69.3 Å². The lowest BCUT2D eigenvalue weighted by atomic mass is 10.2. The van der Waals surface area contributed by atoms with Gasteiger partial charge in [-0.25, -0.2) is 4.98 Å². The number of hydrogen-bond donors (Lipinski definition) is 1. The molecule has 0 radical (unpaired) electrons. The molecular weight excluding hydrogens is 302 g/mol. The zero-order chi connectivity index (χ0) is 14.9. The van der Waals surface area contributed by atoms with Crippen molar-refractivity contribution in [1.29, 1.82) is 0 Å². The highest BCUT2D eigenvalue weighted by molar-refractivity contribution is 7.17. The second-order valence-electron chi connectivity index (χ2n) is 5.21. The molecule has 1 fully saturated rings. The molecule has 4 heterocycles. The van der Waals surface area contributed by atoms with Crippen molar-refractivity contribution >= 4 is 21.6 Å². The molecule has 6 nitrogen and oxygen atoms in total. The summed E-state index contributed by atoms with van der Waals surface area (Å²) in [5.74, 6) is 0.693. The van der Waals surface area contributed by atoms with Gasteiger partial charge in [0.05, 0.1) is 37.2 Å². The highest BCUT2D eigenvalue weighted by atomic mass is 32.1. The van der Waals surface area contributed by atoms with Crippen molar-refractivity contribution in [1.82, 2.24) is 14.9 Å². The van der Waals surface area contributed by atoms with Gasteiger partial charge in [0.25, 0.3) is 5.56 Å². The summed E-state index contributed by atoms with van der Waals surface area (Å²) in [6.45, 7) is 2.78. The zero-order valence-electron chi connectivity index (χ0n) is 11.8. The average Bonchev–Trinajstić information content (AvgIpc) is 3.20. The summed E-state index contributed by atoms with van der Waals surface area (Å²) < 4.78 is 12.7. The zero-order valence-corrected chi connectivity index (χ0v) is 12.6. The minimum absolute atomic E-state index is 0.00333. The van der Waals surface area contributed by atoms with E-state index in [2.05, 4.69) is 10.3 Å². The molecule has 22 heavy (non-hydrogen) atoms. The van der Waals surface area contributed by atoms with E-state index in [-0.39, 0.29) is 11.7 Å². The molecule has 1 atom stereocenters. The lowest BCUT2D eigenvalue weighted by Crippen LogP contribution is -2.42. The Labute approximate surface area is 130 Å². The molecule has 1 unspecified atom stereocenters. The van der Waals surface area contributed by atoms with Gasteiger partial charge in [0, 0.05) is 24.0 Å². The van der Waals surface area contributed by atoms with Crippen LogP contribution in [-0.4, -0.2) is 35.4 Å². The van der Waals surface area contributed by atoms with E-state index in [4.69, 9.17) is 9.15 Å². The van der Waals surface area contributed by atoms with E-state index in [9.17, 15) is 4.79 Å². The molecule has 1 aliphatic rings. The van der Waals surface area contributed by atoms with E-state index in [0.717, 1.165) is 23.5 Å². The van der Waals surface area contributed by atoms with Crippen molar-refractivity contribution in [3.63, 3.8) is 0 Å². The van der Waals surface area contributed by atoms with Crippen molar-refractivity contribution < 1.29 is 9.15 Å². The van der Waals surface area contributed by atoms with Crippen LogP contribution in [0.1, 0.15) is 0 Å². The van der Waals surface area contributed by atoms with Gasteiger partial charge in [0.1, 0.15) is 10.6 Å². The number of fused-ring (bicyclic) bond motifs is 1. The Hall–Kier alpha value is -1.96. The van der Waals surface area contributed by atoms with Crippen molar-refractivity contribution in [3.8, 4) is 11.3 Å². The summed E-state index contributed by atoms with van der Waals surface area (Å²) in [6, 6.07) is 3.67. The van der Waals surface area contributed by atoms with Gasteiger partial charge in [0.15, 0.2) is 0 Å². The first-order valence-electron chi connectivity index (χ1n) is 7.16. The molecule has 3 aromatic rings. The number of aromatic nitrogens is 2. The standard InChI is InChI=1S/C15H15N3O3S/c19-15-13-11(12-2-1-4-21-12)8-22-14(13)17-9-18(15)7-10-6-16-3-5-20-10/h1-2,4,8-10,16H,3,5-7H2. The van der Waals surface area contributed by atoms with Crippen LogP contribution in [0.5, 0.6) is 0 Å². The Morgan fingerprint density at radius 3 is 3.23 bits per heavy atom. The van der Waals surface area contributed by atoms with Crippen LogP contribution in [0.2, 0.25) is 0 Å². The van der Waals surface area contributed by atoms with Crippen LogP contribution in [0.4, 0.5) is 0 Å². The molecule has 1 aliphatic heterocycles. The molecular formula is C15H15N3O3S. The van der Waals surface area contributed by atoms with Crippen molar-refractivity contribution in [2.24, 2.45) is 0 Å². The summed E-state index contributed by atoms with van der Waals surface area (Å²) >= 11 is 1.45. The van der Waals surface area contributed by atoms with Crippen LogP contribution in [0.3, 0.4) is 0 Å². The molecule has 3 aromatic heterocycles. The third kappa shape index (κ3) is 2.37. The number of furan rings is 1. The third-order valence-electron chi connectivity index (χ3n) is 3.75. The molecule has 0 spiro atoms. The predicted molar refractivity (Wildman–Crippen MR) is 84.2 cm³/mol. The Morgan fingerprint density at radius 1 is 1.50 bits per heavy atom. The Bertz CT molecular complexity index is 831. The van der Waals surface area contributed by atoms with E-state index >= 15 is 0 Å². The van der Waals surface area contributed by atoms with Crippen molar-refractivity contribution in [3.05, 3.63) is 40.5 Å². The lowest BCUT2D eigenvalue weighted by molar-refractivity contribution is 0.0175. The molecule has 0 saturated carbocycles. The van der Waals surface area contributed by atoms with Gasteiger partial charge in [0.2, 0.25) is 0 Å². The second-order valence-corrected chi connectivity index (χ2v) is 6.06. The van der Waals surface area contributed by atoms with E-state index in [1.165, 1.54) is 11.3 Å². The van der Waals surface area contributed by atoms with Gasteiger partial charge >= 0.3 is 0 Å². The lowest BCUT2D eigenvalue weighted by Gasteiger charge is -2.24. The fourth-order valence-electron chi connectivity index (χ4n) is 2.67. The molecule has 4 rings (SSSR count). The largest absolute Gasteiger partial charge is 0.464 e. The molecule has 0 aromatic carbocycles. The van der Waals surface area contributed by atoms with Crippen LogP contribution in [0.25, 0.3) is 21.5 Å². The second kappa shape index (κ2) is 5.68. The van der Waals surface area contributed by atoms with Gasteiger partial charge < -0.3 is 14.5 Å². The number of nitrogens with zero attached hydrogens (tertiary/aromatic N) is 2. The van der Waals surface area contributed by atoms with E-state index < -0.39 is 0 Å². The molecule has 1 N–H and O–H groups in total. The molecule has 7 heteroatoms. The number of morpholine rings is 1.